The lowest BCUT2D eigenvalue weighted by Gasteiger charge is -2.33. The number of likely N-dealkylation sites (tertiary alicyclic amines) is 1. The van der Waals surface area contributed by atoms with Gasteiger partial charge in [0.2, 0.25) is 5.91 Å². The van der Waals surface area contributed by atoms with Crippen molar-refractivity contribution in [2.24, 2.45) is 0 Å². The van der Waals surface area contributed by atoms with Gasteiger partial charge < -0.3 is 10.1 Å². The number of carbonyl (C=O) groups is 2. The molecule has 21 heavy (non-hydrogen) atoms. The Morgan fingerprint density at radius 2 is 2.38 bits per heavy atom. The normalized spacial score (nSPS) is 19.2. The molecule has 0 unspecified atom stereocenters. The van der Waals surface area contributed by atoms with Gasteiger partial charge in [-0.15, -0.1) is 11.3 Å². The summed E-state index contributed by atoms with van der Waals surface area (Å²) in [5.41, 5.74) is 0. The molecule has 1 N–H and O–H groups in total. The molecule has 1 amide bonds. The molecule has 7 heteroatoms. The van der Waals surface area contributed by atoms with E-state index in [1.165, 1.54) is 11.3 Å². The Morgan fingerprint density at radius 1 is 1.52 bits per heavy atom. The molecule has 116 valence electrons. The summed E-state index contributed by atoms with van der Waals surface area (Å²) >= 11 is 1.39. The van der Waals surface area contributed by atoms with Crippen LogP contribution in [0.5, 0.6) is 0 Å². The number of hydrogen-bond acceptors (Lipinski definition) is 6. The maximum Gasteiger partial charge on any atom is 0.323 e. The summed E-state index contributed by atoms with van der Waals surface area (Å²) in [6.07, 6.45) is 4.92. The molecule has 1 aliphatic rings. The third-order valence-electron chi connectivity index (χ3n) is 3.48. The van der Waals surface area contributed by atoms with Gasteiger partial charge in [-0.25, -0.2) is 4.98 Å². The Balaban J connectivity index is 1.81. The third kappa shape index (κ3) is 4.78. The monoisotopic (exact) mass is 311 g/mol. The Kier molecular flexibility index (Phi) is 6.13. The van der Waals surface area contributed by atoms with Crippen LogP contribution in [0.1, 0.15) is 32.6 Å². The van der Waals surface area contributed by atoms with Crippen molar-refractivity contribution in [3.63, 3.8) is 0 Å². The lowest BCUT2D eigenvalue weighted by atomic mass is 10.0. The van der Waals surface area contributed by atoms with Gasteiger partial charge in [0, 0.05) is 24.5 Å². The van der Waals surface area contributed by atoms with Crippen molar-refractivity contribution in [1.82, 2.24) is 9.88 Å². The van der Waals surface area contributed by atoms with Crippen LogP contribution in [0, 0.1) is 0 Å². The molecule has 0 bridgehead atoms. The minimum atomic E-state index is -0.202. The lowest BCUT2D eigenvalue weighted by Crippen LogP contribution is -2.46. The van der Waals surface area contributed by atoms with Crippen LogP contribution in [0.4, 0.5) is 5.13 Å². The average molecular weight is 311 g/mol. The molecule has 1 aromatic rings. The molecule has 1 atom stereocenters. The standard InChI is InChI=1S/C14H21N3O3S/c1-2-20-13(19)11-5-3-4-8-17(11)9-6-12(18)16-14-15-7-10-21-14/h7,10-11H,2-6,8-9H2,1H3,(H,15,16,18)/t11-/m1/s1. The van der Waals surface area contributed by atoms with Crippen molar-refractivity contribution in [2.75, 3.05) is 25.0 Å². The lowest BCUT2D eigenvalue weighted by molar-refractivity contribution is -0.151. The van der Waals surface area contributed by atoms with Crippen LogP contribution in [0.25, 0.3) is 0 Å². The molecule has 0 aliphatic carbocycles. The highest BCUT2D eigenvalue weighted by Gasteiger charge is 2.29. The second-order valence-corrected chi connectivity index (χ2v) is 5.83. The van der Waals surface area contributed by atoms with E-state index >= 15 is 0 Å². The summed E-state index contributed by atoms with van der Waals surface area (Å²) in [6, 6.07) is -0.202. The highest BCUT2D eigenvalue weighted by Crippen LogP contribution is 2.19. The van der Waals surface area contributed by atoms with Gasteiger partial charge >= 0.3 is 5.97 Å². The van der Waals surface area contributed by atoms with E-state index < -0.39 is 0 Å². The fourth-order valence-electron chi connectivity index (χ4n) is 2.48. The second kappa shape index (κ2) is 8.09. The summed E-state index contributed by atoms with van der Waals surface area (Å²) in [5, 5.41) is 5.18. The molecule has 2 heterocycles. The molecule has 6 nitrogen and oxygen atoms in total. The van der Waals surface area contributed by atoms with Crippen LogP contribution in [-0.2, 0) is 14.3 Å². The van der Waals surface area contributed by atoms with E-state index in [1.807, 2.05) is 12.3 Å². The van der Waals surface area contributed by atoms with Crippen molar-refractivity contribution in [2.45, 2.75) is 38.6 Å². The van der Waals surface area contributed by atoms with Gasteiger partial charge in [0.25, 0.3) is 0 Å². The number of amides is 1. The summed E-state index contributed by atoms with van der Waals surface area (Å²) < 4.78 is 5.11. The first kappa shape index (κ1) is 15.9. The van der Waals surface area contributed by atoms with E-state index in [2.05, 4.69) is 15.2 Å². The van der Waals surface area contributed by atoms with Crippen molar-refractivity contribution >= 4 is 28.3 Å². The van der Waals surface area contributed by atoms with Crippen molar-refractivity contribution in [3.05, 3.63) is 11.6 Å². The van der Waals surface area contributed by atoms with E-state index in [1.54, 1.807) is 6.20 Å². The van der Waals surface area contributed by atoms with Crippen LogP contribution in [0.15, 0.2) is 11.6 Å². The van der Waals surface area contributed by atoms with Gasteiger partial charge in [-0.3, -0.25) is 14.5 Å². The predicted molar refractivity (Wildman–Crippen MR) is 81.2 cm³/mol. The first-order valence-electron chi connectivity index (χ1n) is 7.30. The highest BCUT2D eigenvalue weighted by molar-refractivity contribution is 7.13. The number of esters is 1. The van der Waals surface area contributed by atoms with Crippen molar-refractivity contribution < 1.29 is 14.3 Å². The highest BCUT2D eigenvalue weighted by atomic mass is 32.1. The van der Waals surface area contributed by atoms with Crippen molar-refractivity contribution in [3.8, 4) is 0 Å². The Morgan fingerprint density at radius 3 is 3.10 bits per heavy atom. The fourth-order valence-corrected chi connectivity index (χ4v) is 3.02. The number of nitrogens with zero attached hydrogens (tertiary/aromatic N) is 2. The number of piperidine rings is 1. The smallest absolute Gasteiger partial charge is 0.323 e. The van der Waals surface area contributed by atoms with Gasteiger partial charge in [0.05, 0.1) is 6.61 Å². The summed E-state index contributed by atoms with van der Waals surface area (Å²) in [6.45, 7) is 3.62. The maximum absolute atomic E-state index is 11.9. The molecule has 2 rings (SSSR count). The summed E-state index contributed by atoms with van der Waals surface area (Å²) in [5.74, 6) is -0.240. The first-order valence-corrected chi connectivity index (χ1v) is 8.18. The molecule has 0 spiro atoms. The first-order chi connectivity index (χ1) is 10.2. The number of rotatable bonds is 6. The van der Waals surface area contributed by atoms with Gasteiger partial charge in [-0.05, 0) is 26.3 Å². The van der Waals surface area contributed by atoms with Gasteiger partial charge in [0.1, 0.15) is 6.04 Å². The van der Waals surface area contributed by atoms with E-state index in [0.29, 0.717) is 24.7 Å². The third-order valence-corrected chi connectivity index (χ3v) is 4.17. The number of nitrogens with one attached hydrogen (secondary N) is 1. The minimum absolute atomic E-state index is 0.0712. The van der Waals surface area contributed by atoms with Crippen molar-refractivity contribution in [1.29, 1.82) is 0 Å². The van der Waals surface area contributed by atoms with Crippen LogP contribution in [0.2, 0.25) is 0 Å². The number of aromatic nitrogens is 1. The molecule has 0 radical (unpaired) electrons. The fraction of sp³-hybridized carbons (Fsp3) is 0.643. The Bertz CT molecular complexity index is 464. The number of thiazole rings is 1. The predicted octanol–water partition coefficient (Wildman–Crippen LogP) is 1.89. The number of anilines is 1. The van der Waals surface area contributed by atoms with Crippen LogP contribution < -0.4 is 5.32 Å². The zero-order valence-electron chi connectivity index (χ0n) is 12.2. The average Bonchev–Trinajstić information content (AvgIpc) is 2.98. The largest absolute Gasteiger partial charge is 0.465 e. The molecule has 1 aliphatic heterocycles. The maximum atomic E-state index is 11.9. The topological polar surface area (TPSA) is 71.5 Å². The van der Waals surface area contributed by atoms with Gasteiger partial charge in [-0.1, -0.05) is 6.42 Å². The second-order valence-electron chi connectivity index (χ2n) is 4.94. The van der Waals surface area contributed by atoms with Crippen LogP contribution in [0.3, 0.4) is 0 Å². The molecule has 1 aromatic heterocycles. The zero-order valence-corrected chi connectivity index (χ0v) is 13.0. The quantitative estimate of drug-likeness (QED) is 0.812. The number of hydrogen-bond donors (Lipinski definition) is 1. The Labute approximate surface area is 128 Å². The molecule has 0 saturated carbocycles. The molecular weight excluding hydrogens is 290 g/mol. The number of ether oxygens (including phenoxy) is 1. The van der Waals surface area contributed by atoms with Gasteiger partial charge in [-0.2, -0.15) is 0 Å². The Hall–Kier alpha value is -1.47. The molecule has 1 saturated heterocycles. The summed E-state index contributed by atoms with van der Waals surface area (Å²) in [4.78, 5) is 29.9. The summed E-state index contributed by atoms with van der Waals surface area (Å²) in [7, 11) is 0. The zero-order chi connectivity index (χ0) is 15.1. The van der Waals surface area contributed by atoms with Crippen LogP contribution in [-0.4, -0.2) is 47.5 Å². The van der Waals surface area contributed by atoms with E-state index in [9.17, 15) is 9.59 Å². The van der Waals surface area contributed by atoms with E-state index in [-0.39, 0.29) is 17.9 Å². The SMILES string of the molecule is CCOC(=O)[C@H]1CCCCN1CCC(=O)Nc1nccs1. The number of carbonyl (C=O) groups excluding carboxylic acids is 2. The van der Waals surface area contributed by atoms with Crippen LogP contribution >= 0.6 is 11.3 Å². The molecule has 0 aromatic carbocycles. The molecular formula is C14H21N3O3S. The minimum Gasteiger partial charge on any atom is -0.465 e. The molecule has 1 fully saturated rings. The van der Waals surface area contributed by atoms with E-state index in [4.69, 9.17) is 4.74 Å². The van der Waals surface area contributed by atoms with Gasteiger partial charge in [0.15, 0.2) is 5.13 Å². The van der Waals surface area contributed by atoms with E-state index in [0.717, 1.165) is 25.8 Å².